The summed E-state index contributed by atoms with van der Waals surface area (Å²) in [4.78, 5) is 19.9. The number of fused-ring (bicyclic) bond motifs is 1. The second kappa shape index (κ2) is 7.12. The number of anilines is 2. The van der Waals surface area contributed by atoms with Gasteiger partial charge in [0.05, 0.1) is 11.1 Å². The van der Waals surface area contributed by atoms with Crippen LogP contribution in [0.15, 0.2) is 72.8 Å². The molecule has 0 aliphatic heterocycles. The van der Waals surface area contributed by atoms with E-state index in [0.717, 1.165) is 30.1 Å². The highest BCUT2D eigenvalue weighted by atomic mass is 32.1. The Kier molecular flexibility index (Phi) is 4.66. The van der Waals surface area contributed by atoms with Crippen LogP contribution in [-0.2, 0) is 24.1 Å². The summed E-state index contributed by atoms with van der Waals surface area (Å²) in [5.41, 5.74) is 4.18. The van der Waals surface area contributed by atoms with E-state index < -0.39 is 5.41 Å². The lowest BCUT2D eigenvalue weighted by Gasteiger charge is -2.30. The molecule has 1 atom stereocenters. The second-order valence-electron chi connectivity index (χ2n) is 7.30. The second-order valence-corrected chi connectivity index (χ2v) is 8.17. The van der Waals surface area contributed by atoms with Crippen LogP contribution in [0.5, 0.6) is 0 Å². The summed E-state index contributed by atoms with van der Waals surface area (Å²) in [6.07, 6.45) is 6.02. The fourth-order valence-electron chi connectivity index (χ4n) is 3.85. The molecule has 3 nitrogen and oxygen atoms in total. The van der Waals surface area contributed by atoms with Gasteiger partial charge in [0, 0.05) is 11.6 Å². The van der Waals surface area contributed by atoms with Gasteiger partial charge in [0.15, 0.2) is 5.13 Å². The van der Waals surface area contributed by atoms with E-state index in [2.05, 4.69) is 36.7 Å². The van der Waals surface area contributed by atoms with E-state index in [-0.39, 0.29) is 5.91 Å². The normalized spacial score (nSPS) is 18.1. The highest BCUT2D eigenvalue weighted by Crippen LogP contribution is 2.41. The molecule has 0 bridgehead atoms. The van der Waals surface area contributed by atoms with Crippen molar-refractivity contribution in [2.24, 2.45) is 5.41 Å². The summed E-state index contributed by atoms with van der Waals surface area (Å²) in [5, 5.41) is 2.63. The van der Waals surface area contributed by atoms with Crippen LogP contribution < -0.4 is 4.90 Å². The number of para-hydroxylation sites is 1. The molecule has 1 aromatic heterocycles. The van der Waals surface area contributed by atoms with Crippen molar-refractivity contribution in [2.75, 3.05) is 4.90 Å². The molecular weight excluding hydrogens is 352 g/mol. The zero-order chi connectivity index (χ0) is 18.9. The topological polar surface area (TPSA) is 33.2 Å². The predicted octanol–water partition coefficient (Wildman–Crippen LogP) is 5.34. The molecule has 0 radical (unpaired) electrons. The number of amides is 1. The number of benzene rings is 2. The van der Waals surface area contributed by atoms with E-state index in [9.17, 15) is 4.79 Å². The number of hydrogen-bond acceptors (Lipinski definition) is 3. The van der Waals surface area contributed by atoms with Gasteiger partial charge in [0.1, 0.15) is 0 Å². The Balaban J connectivity index is 1.68. The van der Waals surface area contributed by atoms with E-state index >= 15 is 0 Å². The average molecular weight is 375 g/mol. The molecule has 0 saturated heterocycles. The van der Waals surface area contributed by atoms with Crippen LogP contribution in [0, 0.1) is 5.41 Å². The maximum absolute atomic E-state index is 13.7. The third-order valence-electron chi connectivity index (χ3n) is 5.16. The van der Waals surface area contributed by atoms with Crippen LogP contribution in [-0.4, -0.2) is 10.9 Å². The van der Waals surface area contributed by atoms with Gasteiger partial charge in [-0.25, -0.2) is 4.98 Å². The molecule has 2 aromatic carbocycles. The van der Waals surface area contributed by atoms with Crippen LogP contribution in [0.4, 0.5) is 10.8 Å². The first-order valence-corrected chi connectivity index (χ1v) is 9.99. The molecule has 1 heterocycles. The summed E-state index contributed by atoms with van der Waals surface area (Å²) in [6.45, 7) is 5.90. The number of hydrogen-bond donors (Lipinski definition) is 0. The van der Waals surface area contributed by atoms with Crippen molar-refractivity contribution in [1.29, 1.82) is 0 Å². The van der Waals surface area contributed by atoms with E-state index in [1.165, 1.54) is 28.0 Å². The molecule has 1 unspecified atom stereocenters. The largest absolute Gasteiger partial charge is 0.273 e. The van der Waals surface area contributed by atoms with Gasteiger partial charge in [-0.2, -0.15) is 0 Å². The Morgan fingerprint density at radius 1 is 1.22 bits per heavy atom. The third-order valence-corrected chi connectivity index (χ3v) is 5.91. The van der Waals surface area contributed by atoms with E-state index in [0.29, 0.717) is 0 Å². The van der Waals surface area contributed by atoms with Gasteiger partial charge in [0.25, 0.3) is 0 Å². The molecule has 0 N–H and O–H groups in total. The Morgan fingerprint density at radius 3 is 2.70 bits per heavy atom. The summed E-state index contributed by atoms with van der Waals surface area (Å²) in [7, 11) is 0. The molecule has 136 valence electrons. The molecule has 0 fully saturated rings. The minimum Gasteiger partial charge on any atom is -0.273 e. The monoisotopic (exact) mass is 374 g/mol. The number of thiazole rings is 1. The highest BCUT2D eigenvalue weighted by Gasteiger charge is 2.43. The Labute approximate surface area is 164 Å². The Hall–Kier alpha value is -2.72. The molecule has 3 aromatic rings. The molecule has 4 heteroatoms. The molecule has 4 rings (SSSR count). The quantitative estimate of drug-likeness (QED) is 0.565. The number of allylic oxidation sites excluding steroid dienone is 1. The van der Waals surface area contributed by atoms with Crippen molar-refractivity contribution in [2.45, 2.75) is 26.2 Å². The first kappa shape index (κ1) is 17.7. The fraction of sp³-hybridized carbons (Fsp3) is 0.217. The molecule has 0 spiro atoms. The molecule has 1 aliphatic carbocycles. The minimum absolute atomic E-state index is 0.102. The van der Waals surface area contributed by atoms with Gasteiger partial charge in [0.2, 0.25) is 5.91 Å². The maximum Gasteiger partial charge on any atom is 0.239 e. The summed E-state index contributed by atoms with van der Waals surface area (Å²) >= 11 is 1.49. The van der Waals surface area contributed by atoms with Crippen molar-refractivity contribution in [3.63, 3.8) is 0 Å². The molecular formula is C23H22N2OS. The van der Waals surface area contributed by atoms with E-state index in [1.807, 2.05) is 41.8 Å². The summed E-state index contributed by atoms with van der Waals surface area (Å²) in [6, 6.07) is 16.3. The molecule has 27 heavy (non-hydrogen) atoms. The lowest BCUT2D eigenvalue weighted by atomic mass is 9.85. The number of carbonyl (C=O) groups is 1. The number of carbonyl (C=O) groups excluding carboxylic acids is 1. The summed E-state index contributed by atoms with van der Waals surface area (Å²) in [5.74, 6) is 0.102. The standard InChI is InChI=1S/C23H22N2OS/c1-3-7-17-10-11-18-15-23(2,16-19(18)14-17)21(26)25(22-24-12-13-27-22)20-8-5-4-6-9-20/h3-6,8-14H,1,7,15-16H2,2H3. The van der Waals surface area contributed by atoms with Gasteiger partial charge in [-0.3, -0.25) is 9.69 Å². The zero-order valence-corrected chi connectivity index (χ0v) is 16.2. The first-order valence-electron chi connectivity index (χ1n) is 9.11. The van der Waals surface area contributed by atoms with Crippen LogP contribution in [0.2, 0.25) is 0 Å². The van der Waals surface area contributed by atoms with Crippen molar-refractivity contribution in [3.05, 3.63) is 89.5 Å². The summed E-state index contributed by atoms with van der Waals surface area (Å²) < 4.78 is 0. The van der Waals surface area contributed by atoms with Crippen molar-refractivity contribution >= 4 is 28.1 Å². The molecule has 1 aliphatic rings. The van der Waals surface area contributed by atoms with Crippen LogP contribution in [0.25, 0.3) is 0 Å². The Morgan fingerprint density at radius 2 is 2.00 bits per heavy atom. The molecule has 1 amide bonds. The lowest BCUT2D eigenvalue weighted by molar-refractivity contribution is -0.126. The Bertz CT molecular complexity index is 965. The van der Waals surface area contributed by atoms with Crippen LogP contribution in [0.3, 0.4) is 0 Å². The highest BCUT2D eigenvalue weighted by molar-refractivity contribution is 7.13. The maximum atomic E-state index is 13.7. The first-order chi connectivity index (χ1) is 13.1. The van der Waals surface area contributed by atoms with Gasteiger partial charge in [-0.15, -0.1) is 17.9 Å². The SMILES string of the molecule is C=CCc1ccc2c(c1)CC(C)(C(=O)N(c1ccccc1)c1nccs1)C2. The smallest absolute Gasteiger partial charge is 0.239 e. The van der Waals surface area contributed by atoms with Gasteiger partial charge < -0.3 is 0 Å². The lowest BCUT2D eigenvalue weighted by Crippen LogP contribution is -2.40. The van der Waals surface area contributed by atoms with E-state index in [1.54, 1.807) is 11.1 Å². The fourth-order valence-corrected chi connectivity index (χ4v) is 4.51. The minimum atomic E-state index is -0.476. The van der Waals surface area contributed by atoms with Gasteiger partial charge in [-0.05, 0) is 48.1 Å². The zero-order valence-electron chi connectivity index (χ0n) is 15.4. The van der Waals surface area contributed by atoms with Crippen molar-refractivity contribution in [1.82, 2.24) is 4.98 Å². The van der Waals surface area contributed by atoms with Crippen molar-refractivity contribution < 1.29 is 4.79 Å². The van der Waals surface area contributed by atoms with Gasteiger partial charge in [-0.1, -0.05) is 49.4 Å². The average Bonchev–Trinajstić information content (AvgIpc) is 3.31. The molecule has 0 saturated carbocycles. The van der Waals surface area contributed by atoms with Crippen LogP contribution >= 0.6 is 11.3 Å². The predicted molar refractivity (Wildman–Crippen MR) is 112 cm³/mol. The number of nitrogens with zero attached hydrogens (tertiary/aromatic N) is 2. The van der Waals surface area contributed by atoms with Crippen LogP contribution in [0.1, 0.15) is 23.6 Å². The number of aromatic nitrogens is 1. The number of rotatable bonds is 5. The third kappa shape index (κ3) is 3.33. The van der Waals surface area contributed by atoms with Crippen molar-refractivity contribution in [3.8, 4) is 0 Å². The van der Waals surface area contributed by atoms with Gasteiger partial charge >= 0.3 is 0 Å². The van der Waals surface area contributed by atoms with E-state index in [4.69, 9.17) is 0 Å².